The normalized spacial score (nSPS) is 18.3. The Bertz CT molecular complexity index is 1280. The Balaban J connectivity index is 0.000000532. The lowest BCUT2D eigenvalue weighted by molar-refractivity contribution is -0.192. The van der Waals surface area contributed by atoms with Gasteiger partial charge in [0.15, 0.2) is 5.82 Å². The molecule has 0 aliphatic carbocycles. The molecule has 2 aromatic rings. The van der Waals surface area contributed by atoms with Crippen LogP contribution in [0.25, 0.3) is 0 Å². The van der Waals surface area contributed by atoms with E-state index in [0.29, 0.717) is 17.3 Å². The predicted octanol–water partition coefficient (Wildman–Crippen LogP) is 3.83. The third-order valence-corrected chi connectivity index (χ3v) is 8.04. The van der Waals surface area contributed by atoms with Crippen LogP contribution in [0.2, 0.25) is 0 Å². The molecule has 2 aliphatic heterocycles. The van der Waals surface area contributed by atoms with Gasteiger partial charge in [0.05, 0.1) is 16.1 Å². The number of aromatic carboxylic acids is 1. The molecule has 0 spiro atoms. The number of carboxylic acids is 2. The van der Waals surface area contributed by atoms with Crippen molar-refractivity contribution in [2.45, 2.75) is 43.7 Å². The molecular formula is C25H31F3N4O6S. The monoisotopic (exact) mass is 572 g/mol. The number of aromatic nitrogens is 1. The lowest BCUT2D eigenvalue weighted by atomic mass is 9.97. The van der Waals surface area contributed by atoms with E-state index in [2.05, 4.69) is 19.5 Å². The topological polar surface area (TPSA) is 140 Å². The molecule has 2 fully saturated rings. The molecule has 2 aliphatic rings. The van der Waals surface area contributed by atoms with Crippen molar-refractivity contribution >= 4 is 33.5 Å². The highest BCUT2D eigenvalue weighted by Crippen LogP contribution is 2.31. The van der Waals surface area contributed by atoms with Crippen LogP contribution in [0.3, 0.4) is 0 Å². The maximum absolute atomic E-state index is 13.1. The standard InChI is InChI=1S/C23H30N4O4S.C2HF3O2/c1-17-7-2-3-9-21(17)32(30,31)25-20-13-19(23(28)29)14-24-22(20)27-12-6-8-18(16-27)15-26-10-4-5-11-26;3-2(4,5)1(6)7/h2-3,7,9,13-14,18,25H,4-6,8,10-12,15-16H2,1H3,(H,28,29);(H,6,7). The summed E-state index contributed by atoms with van der Waals surface area (Å²) in [7, 11) is -3.90. The minimum atomic E-state index is -5.08. The van der Waals surface area contributed by atoms with E-state index in [9.17, 15) is 31.5 Å². The van der Waals surface area contributed by atoms with Crippen molar-refractivity contribution in [3.8, 4) is 0 Å². The van der Waals surface area contributed by atoms with Crippen LogP contribution in [-0.4, -0.2) is 79.4 Å². The quantitative estimate of drug-likeness (QED) is 0.452. The summed E-state index contributed by atoms with van der Waals surface area (Å²) in [6, 6.07) is 8.08. The van der Waals surface area contributed by atoms with Gasteiger partial charge >= 0.3 is 18.1 Å². The molecule has 3 N–H and O–H groups in total. The maximum Gasteiger partial charge on any atom is 0.490 e. The predicted molar refractivity (Wildman–Crippen MR) is 137 cm³/mol. The number of benzene rings is 1. The van der Waals surface area contributed by atoms with Crippen molar-refractivity contribution in [2.24, 2.45) is 5.92 Å². The van der Waals surface area contributed by atoms with Gasteiger partial charge in [0.1, 0.15) is 0 Å². The molecule has 1 aromatic carbocycles. The number of aliphatic carboxylic acids is 1. The highest BCUT2D eigenvalue weighted by atomic mass is 32.2. The summed E-state index contributed by atoms with van der Waals surface area (Å²) in [5, 5.41) is 16.6. The van der Waals surface area contributed by atoms with Crippen molar-refractivity contribution < 1.29 is 41.4 Å². The first-order chi connectivity index (χ1) is 18.3. The van der Waals surface area contributed by atoms with E-state index >= 15 is 0 Å². The van der Waals surface area contributed by atoms with Crippen LogP contribution in [0, 0.1) is 12.8 Å². The van der Waals surface area contributed by atoms with Crippen molar-refractivity contribution in [2.75, 3.05) is 42.3 Å². The fraction of sp³-hybridized carbons (Fsp3) is 0.480. The van der Waals surface area contributed by atoms with Gasteiger partial charge in [-0.05, 0) is 69.3 Å². The molecule has 0 amide bonds. The van der Waals surface area contributed by atoms with Crippen LogP contribution in [0.5, 0.6) is 0 Å². The van der Waals surface area contributed by atoms with Gasteiger partial charge in [-0.2, -0.15) is 13.2 Å². The minimum Gasteiger partial charge on any atom is -0.478 e. The molecule has 214 valence electrons. The van der Waals surface area contributed by atoms with E-state index in [1.165, 1.54) is 25.1 Å². The van der Waals surface area contributed by atoms with Crippen molar-refractivity contribution in [1.29, 1.82) is 0 Å². The van der Waals surface area contributed by atoms with E-state index in [0.717, 1.165) is 45.6 Å². The molecule has 0 bridgehead atoms. The van der Waals surface area contributed by atoms with Crippen LogP contribution in [0.1, 0.15) is 41.6 Å². The van der Waals surface area contributed by atoms with E-state index < -0.39 is 28.1 Å². The lowest BCUT2D eigenvalue weighted by Crippen LogP contribution is -2.41. The molecule has 1 aromatic heterocycles. The van der Waals surface area contributed by atoms with E-state index in [-0.39, 0.29) is 16.1 Å². The molecule has 39 heavy (non-hydrogen) atoms. The van der Waals surface area contributed by atoms with Gasteiger partial charge in [0, 0.05) is 25.8 Å². The first-order valence-electron chi connectivity index (χ1n) is 12.4. The number of hydrogen-bond donors (Lipinski definition) is 3. The number of alkyl halides is 3. The molecule has 0 saturated carbocycles. The van der Waals surface area contributed by atoms with Crippen LogP contribution in [-0.2, 0) is 14.8 Å². The van der Waals surface area contributed by atoms with Crippen molar-refractivity contribution in [3.63, 3.8) is 0 Å². The molecular weight excluding hydrogens is 541 g/mol. The molecule has 14 heteroatoms. The Morgan fingerprint density at radius 2 is 1.74 bits per heavy atom. The van der Waals surface area contributed by atoms with Crippen LogP contribution in [0.4, 0.5) is 24.7 Å². The van der Waals surface area contributed by atoms with Crippen LogP contribution in [0.15, 0.2) is 41.4 Å². The summed E-state index contributed by atoms with van der Waals surface area (Å²) < 4.78 is 60.6. The zero-order valence-electron chi connectivity index (χ0n) is 21.3. The Hall–Kier alpha value is -3.39. The van der Waals surface area contributed by atoms with E-state index in [1.54, 1.807) is 31.2 Å². The Morgan fingerprint density at radius 3 is 2.33 bits per heavy atom. The zero-order chi connectivity index (χ0) is 28.8. The third-order valence-electron chi connectivity index (χ3n) is 6.52. The highest BCUT2D eigenvalue weighted by Gasteiger charge is 2.38. The molecule has 0 radical (unpaired) electrons. The number of piperidine rings is 1. The Labute approximate surface area is 224 Å². The summed E-state index contributed by atoms with van der Waals surface area (Å²) in [5.74, 6) is -2.94. The van der Waals surface area contributed by atoms with Gasteiger partial charge < -0.3 is 20.0 Å². The average Bonchev–Trinajstić information content (AvgIpc) is 3.37. The molecule has 1 unspecified atom stereocenters. The van der Waals surface area contributed by atoms with Crippen molar-refractivity contribution in [3.05, 3.63) is 47.7 Å². The number of pyridine rings is 1. The second-order valence-corrected chi connectivity index (χ2v) is 11.2. The van der Waals surface area contributed by atoms with Gasteiger partial charge in [0.2, 0.25) is 0 Å². The minimum absolute atomic E-state index is 0.0538. The Morgan fingerprint density at radius 1 is 1.10 bits per heavy atom. The first-order valence-corrected chi connectivity index (χ1v) is 13.9. The van der Waals surface area contributed by atoms with Gasteiger partial charge in [-0.15, -0.1) is 0 Å². The third kappa shape index (κ3) is 8.30. The summed E-state index contributed by atoms with van der Waals surface area (Å²) >= 11 is 0. The van der Waals surface area contributed by atoms with Gasteiger partial charge in [0.25, 0.3) is 10.0 Å². The number of aryl methyl sites for hydroxylation is 1. The summed E-state index contributed by atoms with van der Waals surface area (Å²) in [6.07, 6.45) is 0.835. The number of likely N-dealkylation sites (tertiary alicyclic amines) is 1. The zero-order valence-corrected chi connectivity index (χ0v) is 22.1. The average molecular weight is 573 g/mol. The number of halogens is 3. The number of carbonyl (C=O) groups is 2. The number of nitrogens with zero attached hydrogens (tertiary/aromatic N) is 3. The number of nitrogens with one attached hydrogen (secondary N) is 1. The number of hydrogen-bond acceptors (Lipinski definition) is 7. The van der Waals surface area contributed by atoms with E-state index in [4.69, 9.17) is 9.90 Å². The molecule has 1 atom stereocenters. The van der Waals surface area contributed by atoms with Gasteiger partial charge in [-0.25, -0.2) is 23.0 Å². The fourth-order valence-corrected chi connectivity index (χ4v) is 6.00. The number of carboxylic acid groups (broad SMARTS) is 2. The maximum atomic E-state index is 13.1. The first kappa shape index (κ1) is 30.2. The lowest BCUT2D eigenvalue weighted by Gasteiger charge is -2.36. The highest BCUT2D eigenvalue weighted by molar-refractivity contribution is 7.92. The SMILES string of the molecule is Cc1ccccc1S(=O)(=O)Nc1cc(C(=O)O)cnc1N1CCCC(CN2CCCC2)C1.O=C(O)C(F)(F)F. The molecule has 10 nitrogen and oxygen atoms in total. The number of anilines is 2. The second kappa shape index (κ2) is 12.6. The fourth-order valence-electron chi connectivity index (χ4n) is 4.70. The molecule has 3 heterocycles. The number of sulfonamides is 1. The van der Waals surface area contributed by atoms with Crippen LogP contribution < -0.4 is 9.62 Å². The van der Waals surface area contributed by atoms with E-state index in [1.807, 2.05) is 0 Å². The van der Waals surface area contributed by atoms with Crippen molar-refractivity contribution in [1.82, 2.24) is 9.88 Å². The summed E-state index contributed by atoms with van der Waals surface area (Å²) in [5.41, 5.74) is 0.768. The summed E-state index contributed by atoms with van der Waals surface area (Å²) in [4.78, 5) is 29.6. The largest absolute Gasteiger partial charge is 0.490 e. The van der Waals surface area contributed by atoms with Crippen LogP contribution >= 0.6 is 0 Å². The van der Waals surface area contributed by atoms with Gasteiger partial charge in [-0.1, -0.05) is 18.2 Å². The Kier molecular flexibility index (Phi) is 9.78. The smallest absolute Gasteiger partial charge is 0.478 e. The molecule has 2 saturated heterocycles. The molecule has 4 rings (SSSR count). The van der Waals surface area contributed by atoms with Gasteiger partial charge in [-0.3, -0.25) is 4.72 Å². The summed E-state index contributed by atoms with van der Waals surface area (Å²) in [6.45, 7) is 6.58. The second-order valence-electron chi connectivity index (χ2n) is 9.54. The number of rotatable bonds is 7.